The number of hydrogen-bond acceptors (Lipinski definition) is 2. The van der Waals surface area contributed by atoms with Gasteiger partial charge in [-0.3, -0.25) is 4.79 Å². The number of hydrogen-bond donors (Lipinski definition) is 0. The molecule has 0 atom stereocenters. The van der Waals surface area contributed by atoms with Gasteiger partial charge in [0.2, 0.25) is 0 Å². The molecule has 0 aliphatic heterocycles. The van der Waals surface area contributed by atoms with Crippen molar-refractivity contribution in [1.82, 2.24) is 0 Å². The molecule has 0 heterocycles. The second-order valence-electron chi connectivity index (χ2n) is 3.27. The van der Waals surface area contributed by atoms with E-state index in [1.54, 1.807) is 0 Å². The van der Waals surface area contributed by atoms with Crippen LogP contribution in [0, 0.1) is 3.57 Å². The summed E-state index contributed by atoms with van der Waals surface area (Å²) < 4.78 is 65.6. The lowest BCUT2D eigenvalue weighted by atomic mass is 10.1. The molecule has 1 aromatic rings. The van der Waals surface area contributed by atoms with Gasteiger partial charge in [-0.25, -0.2) is 0 Å². The first kappa shape index (κ1) is 15.1. The molecule has 0 saturated carbocycles. The van der Waals surface area contributed by atoms with Gasteiger partial charge in [0.1, 0.15) is 5.75 Å². The van der Waals surface area contributed by atoms with E-state index in [1.807, 2.05) is 0 Å². The van der Waals surface area contributed by atoms with E-state index in [1.165, 1.54) is 22.6 Å². The van der Waals surface area contributed by atoms with E-state index in [9.17, 15) is 26.7 Å². The summed E-state index contributed by atoms with van der Waals surface area (Å²) in [5.41, 5.74) is -1.60. The molecule has 0 bridgehead atoms. The highest BCUT2D eigenvalue weighted by molar-refractivity contribution is 14.1. The average molecular weight is 380 g/mol. The van der Waals surface area contributed by atoms with Crippen LogP contribution in [0.2, 0.25) is 0 Å². The van der Waals surface area contributed by atoms with Crippen molar-refractivity contribution in [2.75, 3.05) is 0 Å². The number of ether oxygens (including phenoxy) is 1. The SMILES string of the molecule is CC(=O)c1cc(C(F)(F)F)cc(I)c1OC(F)F. The fourth-order valence-corrected chi connectivity index (χ4v) is 1.98. The van der Waals surface area contributed by atoms with E-state index in [4.69, 9.17) is 0 Å². The number of alkyl halides is 5. The Bertz CT molecular complexity index is 470. The van der Waals surface area contributed by atoms with Gasteiger partial charge in [0, 0.05) is 0 Å². The topological polar surface area (TPSA) is 26.3 Å². The Morgan fingerprint density at radius 3 is 2.28 bits per heavy atom. The molecule has 2 nitrogen and oxygen atoms in total. The Balaban J connectivity index is 3.41. The molecular formula is C10H6F5IO2. The van der Waals surface area contributed by atoms with Crippen molar-refractivity contribution in [2.24, 2.45) is 0 Å². The zero-order valence-corrected chi connectivity index (χ0v) is 11.0. The zero-order valence-electron chi connectivity index (χ0n) is 8.82. The molecule has 100 valence electrons. The minimum Gasteiger partial charge on any atom is -0.433 e. The van der Waals surface area contributed by atoms with E-state index in [2.05, 4.69) is 4.74 Å². The first-order valence-corrected chi connectivity index (χ1v) is 5.57. The normalized spacial score (nSPS) is 11.8. The van der Waals surface area contributed by atoms with Crippen molar-refractivity contribution in [3.05, 3.63) is 26.8 Å². The number of halogens is 6. The van der Waals surface area contributed by atoms with Crippen LogP contribution in [0.25, 0.3) is 0 Å². The van der Waals surface area contributed by atoms with Gasteiger partial charge in [0.25, 0.3) is 0 Å². The molecule has 8 heteroatoms. The standard InChI is InChI=1S/C10H6F5IO2/c1-4(17)6-2-5(10(13,14)15)3-7(16)8(6)18-9(11)12/h2-3,9H,1H3. The number of Topliss-reactive ketones (excluding diaryl/α,β-unsaturated/α-hetero) is 1. The van der Waals surface area contributed by atoms with Crippen LogP contribution < -0.4 is 4.74 Å². The smallest absolute Gasteiger partial charge is 0.416 e. The van der Waals surface area contributed by atoms with E-state index >= 15 is 0 Å². The van der Waals surface area contributed by atoms with Gasteiger partial charge in [0.05, 0.1) is 14.7 Å². The lowest BCUT2D eigenvalue weighted by Crippen LogP contribution is -2.12. The number of benzene rings is 1. The van der Waals surface area contributed by atoms with Crippen molar-refractivity contribution in [3.8, 4) is 5.75 Å². The Labute approximate surface area is 112 Å². The minimum atomic E-state index is -4.66. The largest absolute Gasteiger partial charge is 0.433 e. The summed E-state index contributed by atoms with van der Waals surface area (Å²) in [4.78, 5) is 11.2. The fraction of sp³-hybridized carbons (Fsp3) is 0.300. The van der Waals surface area contributed by atoms with Gasteiger partial charge >= 0.3 is 12.8 Å². The number of ketones is 1. The molecule has 0 unspecified atom stereocenters. The van der Waals surface area contributed by atoms with Gasteiger partial charge < -0.3 is 4.74 Å². The predicted molar refractivity (Wildman–Crippen MR) is 60.8 cm³/mol. The molecule has 0 N–H and O–H groups in total. The molecule has 0 aliphatic rings. The maximum Gasteiger partial charge on any atom is 0.416 e. The lowest BCUT2D eigenvalue weighted by molar-refractivity contribution is -0.137. The molecule has 0 fully saturated rings. The third kappa shape index (κ3) is 3.53. The van der Waals surface area contributed by atoms with Crippen molar-refractivity contribution < 1.29 is 31.5 Å². The van der Waals surface area contributed by atoms with Crippen LogP contribution in [0.3, 0.4) is 0 Å². The second kappa shape index (κ2) is 5.37. The molecule has 0 aromatic heterocycles. The van der Waals surface area contributed by atoms with E-state index in [-0.39, 0.29) is 3.57 Å². The minimum absolute atomic E-state index is 0.201. The summed E-state index contributed by atoms with van der Waals surface area (Å²) in [6.07, 6.45) is -4.66. The molecule has 0 spiro atoms. The molecule has 1 rings (SSSR count). The van der Waals surface area contributed by atoms with Crippen LogP contribution >= 0.6 is 22.6 Å². The fourth-order valence-electron chi connectivity index (χ4n) is 1.23. The zero-order chi connectivity index (χ0) is 14.1. The van der Waals surface area contributed by atoms with Crippen molar-refractivity contribution in [2.45, 2.75) is 19.7 Å². The van der Waals surface area contributed by atoms with E-state index < -0.39 is 35.4 Å². The predicted octanol–water partition coefficient (Wildman–Crippen LogP) is 4.11. The Kier molecular flexibility index (Phi) is 4.51. The van der Waals surface area contributed by atoms with Gasteiger partial charge in [-0.15, -0.1) is 0 Å². The van der Waals surface area contributed by atoms with Gasteiger partial charge in [0.15, 0.2) is 5.78 Å². The summed E-state index contributed by atoms with van der Waals surface area (Å²) in [6, 6.07) is 1.15. The van der Waals surface area contributed by atoms with Crippen LogP contribution in [-0.2, 0) is 6.18 Å². The van der Waals surface area contributed by atoms with Crippen LogP contribution in [0.4, 0.5) is 22.0 Å². The second-order valence-corrected chi connectivity index (χ2v) is 4.43. The Morgan fingerprint density at radius 2 is 1.89 bits per heavy atom. The monoisotopic (exact) mass is 380 g/mol. The van der Waals surface area contributed by atoms with Gasteiger partial charge in [-0.2, -0.15) is 22.0 Å². The molecule has 0 radical (unpaired) electrons. The third-order valence-electron chi connectivity index (χ3n) is 1.96. The maximum absolute atomic E-state index is 12.5. The number of rotatable bonds is 3. The highest BCUT2D eigenvalue weighted by Crippen LogP contribution is 2.36. The lowest BCUT2D eigenvalue weighted by Gasteiger charge is -2.14. The number of carbonyl (C=O) groups is 1. The molecule has 0 amide bonds. The number of carbonyl (C=O) groups excluding carboxylic acids is 1. The highest BCUT2D eigenvalue weighted by atomic mass is 127. The third-order valence-corrected chi connectivity index (χ3v) is 2.76. The average Bonchev–Trinajstić information content (AvgIpc) is 2.17. The highest BCUT2D eigenvalue weighted by Gasteiger charge is 2.33. The van der Waals surface area contributed by atoms with E-state index in [0.29, 0.717) is 12.1 Å². The summed E-state index contributed by atoms with van der Waals surface area (Å²) in [6.45, 7) is -2.24. The van der Waals surface area contributed by atoms with Crippen molar-refractivity contribution >= 4 is 28.4 Å². The molecule has 0 aliphatic carbocycles. The van der Waals surface area contributed by atoms with Gasteiger partial charge in [-0.05, 0) is 41.6 Å². The van der Waals surface area contributed by atoms with Gasteiger partial charge in [-0.1, -0.05) is 0 Å². The summed E-state index contributed by atoms with van der Waals surface area (Å²) in [7, 11) is 0. The summed E-state index contributed by atoms with van der Waals surface area (Å²) in [5.74, 6) is -1.32. The quantitative estimate of drug-likeness (QED) is 0.448. The molecular weight excluding hydrogens is 374 g/mol. The van der Waals surface area contributed by atoms with Crippen LogP contribution in [0.15, 0.2) is 12.1 Å². The Morgan fingerprint density at radius 1 is 1.33 bits per heavy atom. The molecule has 0 saturated heterocycles. The van der Waals surface area contributed by atoms with Crippen LogP contribution in [0.5, 0.6) is 5.75 Å². The molecule has 1 aromatic carbocycles. The summed E-state index contributed by atoms with van der Waals surface area (Å²) in [5, 5.41) is 0. The van der Waals surface area contributed by atoms with Crippen molar-refractivity contribution in [1.29, 1.82) is 0 Å². The van der Waals surface area contributed by atoms with Crippen molar-refractivity contribution in [3.63, 3.8) is 0 Å². The maximum atomic E-state index is 12.5. The molecule has 18 heavy (non-hydrogen) atoms. The van der Waals surface area contributed by atoms with E-state index in [0.717, 1.165) is 6.92 Å². The summed E-state index contributed by atoms with van der Waals surface area (Å²) >= 11 is 1.41. The van der Waals surface area contributed by atoms with Crippen LogP contribution in [-0.4, -0.2) is 12.4 Å². The van der Waals surface area contributed by atoms with Crippen LogP contribution in [0.1, 0.15) is 22.8 Å². The first-order valence-electron chi connectivity index (χ1n) is 4.49. The Hall–Kier alpha value is -0.930. The first-order chi connectivity index (χ1) is 8.12.